The highest BCUT2D eigenvalue weighted by atomic mass is 32.1. The minimum absolute atomic E-state index is 0.928. The summed E-state index contributed by atoms with van der Waals surface area (Å²) in [5.41, 5.74) is 0. The van der Waals surface area contributed by atoms with Crippen LogP contribution in [0.5, 0.6) is 0 Å². The van der Waals surface area contributed by atoms with E-state index in [0.717, 1.165) is 24.7 Å². The van der Waals surface area contributed by atoms with E-state index in [4.69, 9.17) is 12.2 Å². The van der Waals surface area contributed by atoms with Gasteiger partial charge in [-0.05, 0) is 26.1 Å². The number of piperazine rings is 1. The maximum absolute atomic E-state index is 5.25. The second kappa shape index (κ2) is 5.40. The Labute approximate surface area is 86.1 Å². The van der Waals surface area contributed by atoms with E-state index in [1.165, 1.54) is 19.6 Å². The SMILES string of the molecule is CCNC(=S)N1CC[NH+](CC)CC1. The number of nitrogens with one attached hydrogen (secondary N) is 2. The normalized spacial score (nSPS) is 18.8. The molecule has 0 unspecified atom stereocenters. The third-order valence-electron chi connectivity index (χ3n) is 2.59. The van der Waals surface area contributed by atoms with E-state index >= 15 is 0 Å². The molecular weight excluding hydrogens is 182 g/mol. The van der Waals surface area contributed by atoms with Crippen LogP contribution in [-0.2, 0) is 0 Å². The van der Waals surface area contributed by atoms with E-state index in [1.54, 1.807) is 4.90 Å². The molecule has 1 saturated heterocycles. The van der Waals surface area contributed by atoms with Gasteiger partial charge in [-0.15, -0.1) is 0 Å². The Balaban J connectivity index is 2.28. The van der Waals surface area contributed by atoms with E-state index in [-0.39, 0.29) is 0 Å². The molecule has 0 amide bonds. The van der Waals surface area contributed by atoms with Gasteiger partial charge in [-0.25, -0.2) is 0 Å². The van der Waals surface area contributed by atoms with Gasteiger partial charge in [0.05, 0.1) is 32.7 Å². The van der Waals surface area contributed by atoms with Crippen LogP contribution in [0.3, 0.4) is 0 Å². The number of likely N-dealkylation sites (N-methyl/N-ethyl adjacent to an activating group) is 1. The van der Waals surface area contributed by atoms with Gasteiger partial charge in [0, 0.05) is 6.54 Å². The van der Waals surface area contributed by atoms with Gasteiger partial charge in [0.1, 0.15) is 0 Å². The fourth-order valence-electron chi connectivity index (χ4n) is 1.64. The molecule has 0 aromatic rings. The van der Waals surface area contributed by atoms with Crippen LogP contribution in [0.25, 0.3) is 0 Å². The average Bonchev–Trinajstić information content (AvgIpc) is 2.18. The number of hydrogen-bond acceptors (Lipinski definition) is 1. The van der Waals surface area contributed by atoms with Crippen LogP contribution in [0.2, 0.25) is 0 Å². The molecule has 2 N–H and O–H groups in total. The number of thiocarbonyl (C=S) groups is 1. The molecule has 0 atom stereocenters. The Morgan fingerprint density at radius 3 is 2.46 bits per heavy atom. The Hall–Kier alpha value is -0.350. The first-order valence-corrected chi connectivity index (χ1v) is 5.55. The number of quaternary nitrogens is 1. The molecule has 1 aliphatic rings. The largest absolute Gasteiger partial charge is 0.363 e. The summed E-state index contributed by atoms with van der Waals surface area (Å²) < 4.78 is 0. The van der Waals surface area contributed by atoms with E-state index in [9.17, 15) is 0 Å². The molecule has 0 aromatic carbocycles. The lowest BCUT2D eigenvalue weighted by atomic mass is 10.3. The van der Waals surface area contributed by atoms with E-state index in [2.05, 4.69) is 24.1 Å². The number of rotatable bonds is 2. The topological polar surface area (TPSA) is 19.7 Å². The van der Waals surface area contributed by atoms with Crippen LogP contribution < -0.4 is 10.2 Å². The van der Waals surface area contributed by atoms with Gasteiger partial charge in [-0.3, -0.25) is 0 Å². The first kappa shape index (κ1) is 10.7. The Kier molecular flexibility index (Phi) is 4.45. The van der Waals surface area contributed by atoms with Crippen molar-refractivity contribution in [3.63, 3.8) is 0 Å². The Morgan fingerprint density at radius 1 is 1.38 bits per heavy atom. The molecule has 1 rings (SSSR count). The van der Waals surface area contributed by atoms with Crippen LogP contribution >= 0.6 is 12.2 Å². The van der Waals surface area contributed by atoms with Crippen molar-refractivity contribution in [1.29, 1.82) is 0 Å². The highest BCUT2D eigenvalue weighted by molar-refractivity contribution is 7.80. The zero-order valence-corrected chi connectivity index (χ0v) is 9.41. The highest BCUT2D eigenvalue weighted by Gasteiger charge is 2.19. The Bertz CT molecular complexity index is 164. The van der Waals surface area contributed by atoms with Crippen LogP contribution in [0.15, 0.2) is 0 Å². The summed E-state index contributed by atoms with van der Waals surface area (Å²) in [6, 6.07) is 0. The molecule has 3 nitrogen and oxygen atoms in total. The molecule has 0 aromatic heterocycles. The summed E-state index contributed by atoms with van der Waals surface area (Å²) >= 11 is 5.25. The van der Waals surface area contributed by atoms with Crippen LogP contribution in [0.1, 0.15) is 13.8 Å². The molecule has 1 fully saturated rings. The molecule has 1 aliphatic heterocycles. The van der Waals surface area contributed by atoms with Crippen molar-refractivity contribution >= 4 is 17.3 Å². The quantitative estimate of drug-likeness (QED) is 0.566. The minimum Gasteiger partial charge on any atom is -0.363 e. The molecule has 0 spiro atoms. The molecular formula is C9H20N3S+. The van der Waals surface area contributed by atoms with Crippen molar-refractivity contribution in [3.8, 4) is 0 Å². The number of nitrogens with zero attached hydrogens (tertiary/aromatic N) is 1. The summed E-state index contributed by atoms with van der Waals surface area (Å²) in [5.74, 6) is 0. The fraction of sp³-hybridized carbons (Fsp3) is 0.889. The van der Waals surface area contributed by atoms with Crippen molar-refractivity contribution in [1.82, 2.24) is 10.2 Å². The zero-order valence-electron chi connectivity index (χ0n) is 8.60. The molecule has 0 radical (unpaired) electrons. The maximum atomic E-state index is 5.25. The van der Waals surface area contributed by atoms with Gasteiger partial charge < -0.3 is 15.1 Å². The third-order valence-corrected chi connectivity index (χ3v) is 2.99. The second-order valence-corrected chi connectivity index (χ2v) is 3.81. The van der Waals surface area contributed by atoms with Crippen molar-refractivity contribution in [2.75, 3.05) is 39.3 Å². The van der Waals surface area contributed by atoms with E-state index in [1.807, 2.05) is 0 Å². The summed E-state index contributed by atoms with van der Waals surface area (Å²) in [6.07, 6.45) is 0. The zero-order chi connectivity index (χ0) is 9.68. The number of hydrogen-bond donors (Lipinski definition) is 2. The summed E-state index contributed by atoms with van der Waals surface area (Å²) in [4.78, 5) is 3.97. The summed E-state index contributed by atoms with van der Waals surface area (Å²) in [5, 5.41) is 4.12. The summed E-state index contributed by atoms with van der Waals surface area (Å²) in [6.45, 7) is 11.2. The van der Waals surface area contributed by atoms with E-state index in [0.29, 0.717) is 0 Å². The molecule has 13 heavy (non-hydrogen) atoms. The van der Waals surface area contributed by atoms with Crippen molar-refractivity contribution in [2.45, 2.75) is 13.8 Å². The highest BCUT2D eigenvalue weighted by Crippen LogP contribution is 1.90. The van der Waals surface area contributed by atoms with Gasteiger partial charge in [0.2, 0.25) is 0 Å². The van der Waals surface area contributed by atoms with Gasteiger partial charge in [0.25, 0.3) is 0 Å². The van der Waals surface area contributed by atoms with Gasteiger partial charge in [-0.2, -0.15) is 0 Å². The predicted octanol–water partition coefficient (Wildman–Crippen LogP) is -0.899. The molecule has 0 aliphatic carbocycles. The first-order chi connectivity index (χ1) is 6.27. The van der Waals surface area contributed by atoms with Crippen molar-refractivity contribution in [2.24, 2.45) is 0 Å². The van der Waals surface area contributed by atoms with E-state index < -0.39 is 0 Å². The van der Waals surface area contributed by atoms with Gasteiger partial charge in [0.15, 0.2) is 5.11 Å². The van der Waals surface area contributed by atoms with Crippen molar-refractivity contribution in [3.05, 3.63) is 0 Å². The molecule has 76 valence electrons. The Morgan fingerprint density at radius 2 is 2.00 bits per heavy atom. The molecule has 0 saturated carbocycles. The standard InChI is InChI=1S/C9H19N3S/c1-3-10-9(13)12-7-5-11(4-2)6-8-12/h3-8H2,1-2H3,(H,10,13)/p+1. The smallest absolute Gasteiger partial charge is 0.169 e. The third kappa shape index (κ3) is 3.12. The lowest BCUT2D eigenvalue weighted by molar-refractivity contribution is -0.902. The monoisotopic (exact) mass is 202 g/mol. The predicted molar refractivity (Wildman–Crippen MR) is 59.1 cm³/mol. The van der Waals surface area contributed by atoms with Gasteiger partial charge in [-0.1, -0.05) is 0 Å². The molecule has 1 heterocycles. The minimum atomic E-state index is 0.928. The van der Waals surface area contributed by atoms with Crippen LogP contribution in [-0.4, -0.2) is 49.3 Å². The van der Waals surface area contributed by atoms with Crippen LogP contribution in [0.4, 0.5) is 0 Å². The fourth-order valence-corrected chi connectivity index (χ4v) is 1.97. The van der Waals surface area contributed by atoms with Crippen LogP contribution in [0, 0.1) is 0 Å². The first-order valence-electron chi connectivity index (χ1n) is 5.14. The maximum Gasteiger partial charge on any atom is 0.169 e. The second-order valence-electron chi connectivity index (χ2n) is 3.43. The molecule has 0 bridgehead atoms. The molecule has 4 heteroatoms. The van der Waals surface area contributed by atoms with Crippen molar-refractivity contribution < 1.29 is 4.90 Å². The lowest BCUT2D eigenvalue weighted by Crippen LogP contribution is -3.14. The lowest BCUT2D eigenvalue weighted by Gasteiger charge is -2.33. The average molecular weight is 202 g/mol. The van der Waals surface area contributed by atoms with Gasteiger partial charge >= 0.3 is 0 Å². The summed E-state index contributed by atoms with van der Waals surface area (Å²) in [7, 11) is 0.